The Morgan fingerprint density at radius 2 is 1.82 bits per heavy atom. The lowest BCUT2D eigenvalue weighted by Crippen LogP contribution is -2.44. The number of hydrogen-bond acceptors (Lipinski definition) is 11. The minimum atomic E-state index is -0.543. The van der Waals surface area contributed by atoms with Crippen LogP contribution in [0.15, 0.2) is 4.99 Å². The molecule has 7 N–H and O–H groups in total. The highest BCUT2D eigenvalue weighted by molar-refractivity contribution is 6.06. The monoisotopic (exact) mass is 709 g/mol. The van der Waals surface area contributed by atoms with Crippen molar-refractivity contribution < 1.29 is 23.7 Å². The Balaban J connectivity index is 0.000000515. The van der Waals surface area contributed by atoms with E-state index in [9.17, 15) is 4.79 Å². The van der Waals surface area contributed by atoms with Crippen molar-refractivity contribution in [1.82, 2.24) is 20.2 Å². The Kier molecular flexibility index (Phi) is 21.0. The predicted molar refractivity (Wildman–Crippen MR) is 204 cm³/mol. The molecule has 3 unspecified atom stereocenters. The van der Waals surface area contributed by atoms with Gasteiger partial charge in [-0.1, -0.05) is 60.8 Å². The first-order valence-corrected chi connectivity index (χ1v) is 18.5. The highest BCUT2D eigenvalue weighted by Crippen LogP contribution is 2.37. The maximum atomic E-state index is 12.2. The van der Waals surface area contributed by atoms with Crippen LogP contribution in [0.25, 0.3) is 0 Å². The second-order valence-corrected chi connectivity index (χ2v) is 15.7. The molecule has 1 aliphatic rings. The molecule has 1 aliphatic heterocycles. The number of guanidine groups is 1. The molecule has 1 saturated heterocycles. The third-order valence-electron chi connectivity index (χ3n) is 8.18. The van der Waals surface area contributed by atoms with Gasteiger partial charge in [0.15, 0.2) is 23.8 Å². The summed E-state index contributed by atoms with van der Waals surface area (Å²) in [6.45, 7) is 26.4. The van der Waals surface area contributed by atoms with Crippen molar-refractivity contribution in [2.24, 2.45) is 21.6 Å². The number of rotatable bonds is 19. The zero-order chi connectivity index (χ0) is 37.9. The number of ether oxygens (including phenoxy) is 4. The fourth-order valence-electron chi connectivity index (χ4n) is 6.38. The minimum Gasteiger partial charge on any atom is -0.383 e. The van der Waals surface area contributed by atoms with E-state index in [1.165, 1.54) is 12.8 Å². The summed E-state index contributed by atoms with van der Waals surface area (Å²) in [5.74, 6) is -0.334. The van der Waals surface area contributed by atoms with E-state index in [0.29, 0.717) is 23.1 Å². The first-order chi connectivity index (χ1) is 23.4. The van der Waals surface area contributed by atoms with Crippen LogP contribution in [-0.4, -0.2) is 97.8 Å². The second-order valence-electron chi connectivity index (χ2n) is 15.7. The van der Waals surface area contributed by atoms with Gasteiger partial charge in [0, 0.05) is 33.3 Å². The topological polar surface area (TPSA) is 185 Å². The smallest absolute Gasteiger partial charge is 0.280 e. The molecule has 13 nitrogen and oxygen atoms in total. The molecule has 0 aromatic carbocycles. The van der Waals surface area contributed by atoms with Crippen molar-refractivity contribution >= 4 is 23.5 Å². The maximum absolute atomic E-state index is 12.2. The summed E-state index contributed by atoms with van der Waals surface area (Å²) in [5.41, 5.74) is 18.2. The zero-order valence-corrected chi connectivity index (χ0v) is 33.3. The van der Waals surface area contributed by atoms with E-state index in [4.69, 9.17) is 36.1 Å². The Morgan fingerprint density at radius 3 is 2.42 bits per heavy atom. The van der Waals surface area contributed by atoms with Gasteiger partial charge in [0.2, 0.25) is 0 Å². The standard InChI is InChI=1S/C20H37N7O.C17H35NO4/c1-13-15(21)26-16(22)14(25-13)17(28)27-18(23)24-11-9-7-8-10-20(5,6)12-19(2,3)4;1-6-7-16(21-14(2)3)12-18(9-11-19-5)13-17-8-10-20-15(4)22-17/h7-12H2,1-6H3,(H4,21,22,26)(H3,23,24,27,28);14-17H,6-13H2,1-5H3. The molecule has 50 heavy (non-hydrogen) atoms. The van der Waals surface area contributed by atoms with E-state index in [1.807, 2.05) is 6.92 Å². The third-order valence-corrected chi connectivity index (χ3v) is 8.18. The lowest BCUT2D eigenvalue weighted by Gasteiger charge is -2.34. The number of carbonyl (C=O) groups excluding carboxylic acids is 1. The lowest BCUT2D eigenvalue weighted by atomic mass is 9.73. The Hall–Kier alpha value is -2.58. The van der Waals surface area contributed by atoms with Gasteiger partial charge in [-0.2, -0.15) is 0 Å². The molecule has 0 bridgehead atoms. The van der Waals surface area contributed by atoms with Crippen LogP contribution in [0.4, 0.5) is 11.6 Å². The number of carbonyl (C=O) groups is 1. The number of amides is 1. The third kappa shape index (κ3) is 20.3. The first kappa shape index (κ1) is 45.4. The normalized spacial score (nSPS) is 17.8. The van der Waals surface area contributed by atoms with E-state index in [2.05, 4.69) is 80.6 Å². The summed E-state index contributed by atoms with van der Waals surface area (Å²) >= 11 is 0. The molecule has 1 amide bonds. The highest BCUT2D eigenvalue weighted by atomic mass is 16.7. The number of aliphatic imine (C=N–C) groups is 1. The van der Waals surface area contributed by atoms with Crippen molar-refractivity contribution in [1.29, 1.82) is 0 Å². The number of nitrogens with zero attached hydrogens (tertiary/aromatic N) is 4. The van der Waals surface area contributed by atoms with E-state index >= 15 is 0 Å². The predicted octanol–water partition coefficient (Wildman–Crippen LogP) is 5.70. The second kappa shape index (κ2) is 23.1. The van der Waals surface area contributed by atoms with E-state index in [-0.39, 0.29) is 47.9 Å². The van der Waals surface area contributed by atoms with Gasteiger partial charge in [-0.3, -0.25) is 20.0 Å². The molecular formula is C37H72N8O5. The number of hydrogen-bond donors (Lipinski definition) is 4. The number of unbranched alkanes of at least 4 members (excludes halogenated alkanes) is 2. The van der Waals surface area contributed by atoms with Crippen LogP contribution < -0.4 is 22.5 Å². The molecule has 3 atom stereocenters. The number of aromatic nitrogens is 2. The molecule has 0 radical (unpaired) electrons. The number of nitrogen functional groups attached to an aromatic ring is 2. The molecule has 1 aromatic rings. The first-order valence-electron chi connectivity index (χ1n) is 18.5. The SMILES string of the molecule is CCCC(CN(CCOC)CC1CCOC(C)O1)OC(C)C.Cc1nc(C(=O)NC(N)=NCCCCCC(C)(C)CC(C)(C)C)c(N)nc1N. The molecule has 290 valence electrons. The van der Waals surface area contributed by atoms with Crippen molar-refractivity contribution in [3.05, 3.63) is 11.4 Å². The molecule has 0 aliphatic carbocycles. The molecule has 1 aromatic heterocycles. The van der Waals surface area contributed by atoms with Gasteiger partial charge >= 0.3 is 0 Å². The maximum Gasteiger partial charge on any atom is 0.280 e. The summed E-state index contributed by atoms with van der Waals surface area (Å²) in [6, 6.07) is 0. The van der Waals surface area contributed by atoms with Crippen LogP contribution in [0, 0.1) is 17.8 Å². The highest BCUT2D eigenvalue weighted by Gasteiger charge is 2.26. The quantitative estimate of drug-likeness (QED) is 0.0785. The van der Waals surface area contributed by atoms with Crippen LogP contribution in [0.2, 0.25) is 0 Å². The van der Waals surface area contributed by atoms with Crippen molar-refractivity contribution in [2.75, 3.05) is 58.0 Å². The van der Waals surface area contributed by atoms with Crippen LogP contribution in [0.3, 0.4) is 0 Å². The molecule has 2 rings (SSSR count). The van der Waals surface area contributed by atoms with Crippen LogP contribution in [-0.2, 0) is 18.9 Å². The van der Waals surface area contributed by atoms with Crippen molar-refractivity contribution in [2.45, 2.75) is 145 Å². The van der Waals surface area contributed by atoms with Crippen LogP contribution in [0.1, 0.15) is 130 Å². The van der Waals surface area contributed by atoms with E-state index in [1.54, 1.807) is 14.0 Å². The molecule has 0 saturated carbocycles. The summed E-state index contributed by atoms with van der Waals surface area (Å²) in [4.78, 5) is 26.8. The van der Waals surface area contributed by atoms with Crippen molar-refractivity contribution in [3.8, 4) is 0 Å². The summed E-state index contributed by atoms with van der Waals surface area (Å²) in [6.07, 6.45) is 9.41. The number of nitrogens with one attached hydrogen (secondary N) is 1. The average molecular weight is 709 g/mol. The molecule has 1 fully saturated rings. The fourth-order valence-corrected chi connectivity index (χ4v) is 6.38. The molecule has 2 heterocycles. The van der Waals surface area contributed by atoms with Gasteiger partial charge in [-0.25, -0.2) is 9.97 Å². The van der Waals surface area contributed by atoms with Gasteiger partial charge in [-0.15, -0.1) is 0 Å². The molecule has 13 heteroatoms. The van der Waals surface area contributed by atoms with Gasteiger partial charge in [0.25, 0.3) is 5.91 Å². The average Bonchev–Trinajstić information content (AvgIpc) is 2.98. The van der Waals surface area contributed by atoms with Gasteiger partial charge in [-0.05, 0) is 70.6 Å². The van der Waals surface area contributed by atoms with Crippen LogP contribution in [0.5, 0.6) is 0 Å². The van der Waals surface area contributed by atoms with E-state index < -0.39 is 5.91 Å². The molecule has 0 spiro atoms. The van der Waals surface area contributed by atoms with Crippen LogP contribution >= 0.6 is 0 Å². The van der Waals surface area contributed by atoms with Crippen molar-refractivity contribution in [3.63, 3.8) is 0 Å². The Morgan fingerprint density at radius 1 is 1.12 bits per heavy atom. The van der Waals surface area contributed by atoms with Gasteiger partial charge < -0.3 is 36.1 Å². The van der Waals surface area contributed by atoms with E-state index in [0.717, 1.165) is 71.4 Å². The molecular weight excluding hydrogens is 636 g/mol. The summed E-state index contributed by atoms with van der Waals surface area (Å²) in [7, 11) is 1.75. The lowest BCUT2D eigenvalue weighted by molar-refractivity contribution is -0.206. The Bertz CT molecular complexity index is 1140. The largest absolute Gasteiger partial charge is 0.383 e. The summed E-state index contributed by atoms with van der Waals surface area (Å²) < 4.78 is 22.6. The number of anilines is 2. The summed E-state index contributed by atoms with van der Waals surface area (Å²) in [5, 5.41) is 2.49. The number of aryl methyl sites for hydroxylation is 1. The van der Waals surface area contributed by atoms with Gasteiger partial charge in [0.05, 0.1) is 37.2 Å². The minimum absolute atomic E-state index is 0.00840. The zero-order valence-electron chi connectivity index (χ0n) is 33.3. The fraction of sp³-hybridized carbons (Fsp3) is 0.838. The number of methoxy groups -OCH3 is 1. The Labute approximate surface area is 303 Å². The van der Waals surface area contributed by atoms with Gasteiger partial charge in [0.1, 0.15) is 5.82 Å². The number of nitrogens with two attached hydrogens (primary N) is 3.